The fourth-order valence-corrected chi connectivity index (χ4v) is 1.86. The van der Waals surface area contributed by atoms with Crippen LogP contribution in [0.4, 0.5) is 0 Å². The van der Waals surface area contributed by atoms with Crippen LogP contribution in [0, 0.1) is 0 Å². The molecule has 1 atom stereocenters. The Bertz CT molecular complexity index is 178. The molecular weight excluding hydrogens is 194 g/mol. The molecule has 0 aromatic rings. The van der Waals surface area contributed by atoms with Gasteiger partial charge in [-0.3, -0.25) is 5.43 Å². The Kier molecular flexibility index (Phi) is 4.34. The normalized spacial score (nSPS) is 30.6. The van der Waals surface area contributed by atoms with Crippen LogP contribution >= 0.6 is 0 Å². The number of hydrogen-bond acceptors (Lipinski definition) is 5. The van der Waals surface area contributed by atoms with Gasteiger partial charge in [-0.15, -0.1) is 0 Å². The van der Waals surface area contributed by atoms with E-state index in [2.05, 4.69) is 22.4 Å². The van der Waals surface area contributed by atoms with Crippen molar-refractivity contribution >= 4 is 0 Å². The van der Waals surface area contributed by atoms with Crippen molar-refractivity contribution in [3.8, 4) is 0 Å². The Balaban J connectivity index is 1.60. The molecule has 2 rings (SSSR count). The van der Waals surface area contributed by atoms with Gasteiger partial charge in [0.25, 0.3) is 0 Å². The first-order valence-electron chi connectivity index (χ1n) is 5.71. The zero-order valence-electron chi connectivity index (χ0n) is 9.45. The molecule has 5 nitrogen and oxygen atoms in total. The molecule has 1 unspecified atom stereocenters. The molecule has 0 aromatic heterocycles. The number of rotatable bonds is 3. The summed E-state index contributed by atoms with van der Waals surface area (Å²) in [5.74, 6) is 0. The summed E-state index contributed by atoms with van der Waals surface area (Å²) >= 11 is 0. The van der Waals surface area contributed by atoms with E-state index in [0.29, 0.717) is 12.9 Å². The molecule has 0 amide bonds. The first-order chi connectivity index (χ1) is 7.34. The summed E-state index contributed by atoms with van der Waals surface area (Å²) in [4.78, 5) is 2.35. The van der Waals surface area contributed by atoms with Crippen molar-refractivity contribution in [2.45, 2.75) is 12.5 Å². The van der Waals surface area contributed by atoms with Crippen molar-refractivity contribution in [3.63, 3.8) is 0 Å². The van der Waals surface area contributed by atoms with Crippen LogP contribution in [0.25, 0.3) is 0 Å². The number of nitrogens with zero attached hydrogens (tertiary/aromatic N) is 2. The summed E-state index contributed by atoms with van der Waals surface area (Å²) in [6.45, 7) is 6.67. The first-order valence-corrected chi connectivity index (χ1v) is 5.71. The van der Waals surface area contributed by atoms with Crippen LogP contribution in [0.2, 0.25) is 0 Å². The van der Waals surface area contributed by atoms with Gasteiger partial charge in [0, 0.05) is 32.7 Å². The predicted octanol–water partition coefficient (Wildman–Crippen LogP) is -0.499. The lowest BCUT2D eigenvalue weighted by Crippen LogP contribution is -2.52. The summed E-state index contributed by atoms with van der Waals surface area (Å²) in [6, 6.07) is 0. The van der Waals surface area contributed by atoms with E-state index in [1.165, 1.54) is 0 Å². The predicted molar refractivity (Wildman–Crippen MR) is 57.4 cm³/mol. The van der Waals surface area contributed by atoms with Crippen molar-refractivity contribution in [2.24, 2.45) is 0 Å². The highest BCUT2D eigenvalue weighted by atomic mass is 16.7. The highest BCUT2D eigenvalue weighted by Gasteiger charge is 2.17. The van der Waals surface area contributed by atoms with E-state index in [-0.39, 0.29) is 0 Å². The molecule has 0 bridgehead atoms. The quantitative estimate of drug-likeness (QED) is 0.687. The van der Waals surface area contributed by atoms with Crippen molar-refractivity contribution in [1.29, 1.82) is 0 Å². The molecule has 0 saturated carbocycles. The van der Waals surface area contributed by atoms with E-state index in [9.17, 15) is 0 Å². The number of nitrogens with one attached hydrogen (secondary N) is 1. The molecule has 88 valence electrons. The Morgan fingerprint density at radius 3 is 2.73 bits per heavy atom. The van der Waals surface area contributed by atoms with Crippen molar-refractivity contribution in [3.05, 3.63) is 0 Å². The fraction of sp³-hybridized carbons (Fsp3) is 1.00. The minimum atomic E-state index is 0.318. The molecule has 0 aliphatic carbocycles. The standard InChI is InChI=1S/C10H21N3O2/c1-12-3-5-13(6-4-12)11-8-10-2-7-14-9-15-10/h10-11H,2-9H2,1H3. The minimum absolute atomic E-state index is 0.318. The second-order valence-corrected chi connectivity index (χ2v) is 4.26. The zero-order chi connectivity index (χ0) is 10.5. The lowest BCUT2D eigenvalue weighted by molar-refractivity contribution is -0.140. The average Bonchev–Trinajstić information content (AvgIpc) is 2.30. The number of hydrazine groups is 1. The smallest absolute Gasteiger partial charge is 0.147 e. The second kappa shape index (κ2) is 5.77. The van der Waals surface area contributed by atoms with Crippen LogP contribution in [-0.4, -0.2) is 69.2 Å². The molecule has 2 saturated heterocycles. The van der Waals surface area contributed by atoms with Gasteiger partial charge < -0.3 is 14.4 Å². The SMILES string of the molecule is CN1CCN(NCC2CCOCO2)CC1. The van der Waals surface area contributed by atoms with Crippen LogP contribution < -0.4 is 5.43 Å². The number of hydrogen-bond donors (Lipinski definition) is 1. The largest absolute Gasteiger partial charge is 0.355 e. The van der Waals surface area contributed by atoms with Crippen LogP contribution in [0.5, 0.6) is 0 Å². The maximum Gasteiger partial charge on any atom is 0.147 e. The van der Waals surface area contributed by atoms with E-state index in [1.807, 2.05) is 0 Å². The Hall–Kier alpha value is -0.200. The Morgan fingerprint density at radius 2 is 2.07 bits per heavy atom. The fourth-order valence-electron chi connectivity index (χ4n) is 1.86. The van der Waals surface area contributed by atoms with Gasteiger partial charge in [-0.05, 0) is 13.5 Å². The third-order valence-electron chi connectivity index (χ3n) is 3.02. The van der Waals surface area contributed by atoms with Gasteiger partial charge in [-0.1, -0.05) is 0 Å². The van der Waals surface area contributed by atoms with Gasteiger partial charge in [-0.25, -0.2) is 5.01 Å². The molecular formula is C10H21N3O2. The van der Waals surface area contributed by atoms with Crippen LogP contribution in [0.1, 0.15) is 6.42 Å². The van der Waals surface area contributed by atoms with Crippen molar-refractivity contribution in [1.82, 2.24) is 15.3 Å². The minimum Gasteiger partial charge on any atom is -0.355 e. The summed E-state index contributed by atoms with van der Waals surface area (Å²) < 4.78 is 10.6. The molecule has 15 heavy (non-hydrogen) atoms. The second-order valence-electron chi connectivity index (χ2n) is 4.26. The molecule has 0 radical (unpaired) electrons. The monoisotopic (exact) mass is 215 g/mol. The molecule has 2 fully saturated rings. The van der Waals surface area contributed by atoms with Gasteiger partial charge in [0.2, 0.25) is 0 Å². The molecule has 5 heteroatoms. The van der Waals surface area contributed by atoms with E-state index >= 15 is 0 Å². The van der Waals surface area contributed by atoms with E-state index in [0.717, 1.165) is 45.8 Å². The third kappa shape index (κ3) is 3.70. The van der Waals surface area contributed by atoms with Crippen molar-refractivity contribution in [2.75, 3.05) is 53.2 Å². The van der Waals surface area contributed by atoms with Gasteiger partial charge in [0.1, 0.15) is 6.79 Å². The molecule has 2 aliphatic heterocycles. The van der Waals surface area contributed by atoms with Crippen LogP contribution in [0.15, 0.2) is 0 Å². The topological polar surface area (TPSA) is 37.0 Å². The van der Waals surface area contributed by atoms with Gasteiger partial charge in [0.15, 0.2) is 0 Å². The first kappa shape index (κ1) is 11.3. The number of likely N-dealkylation sites (N-methyl/N-ethyl adjacent to an activating group) is 1. The maximum absolute atomic E-state index is 5.47. The zero-order valence-corrected chi connectivity index (χ0v) is 9.45. The highest BCUT2D eigenvalue weighted by molar-refractivity contribution is 4.68. The summed E-state index contributed by atoms with van der Waals surface area (Å²) in [5, 5.41) is 2.29. The van der Waals surface area contributed by atoms with Gasteiger partial charge in [-0.2, -0.15) is 0 Å². The van der Waals surface area contributed by atoms with Gasteiger partial charge in [0.05, 0.1) is 12.7 Å². The van der Waals surface area contributed by atoms with Gasteiger partial charge >= 0.3 is 0 Å². The summed E-state index contributed by atoms with van der Waals surface area (Å²) in [5.41, 5.74) is 3.44. The molecule has 2 heterocycles. The highest BCUT2D eigenvalue weighted by Crippen LogP contribution is 2.05. The van der Waals surface area contributed by atoms with Crippen LogP contribution in [-0.2, 0) is 9.47 Å². The average molecular weight is 215 g/mol. The summed E-state index contributed by atoms with van der Waals surface area (Å²) in [6.07, 6.45) is 1.32. The Labute approximate surface area is 91.3 Å². The number of piperazine rings is 1. The number of ether oxygens (including phenoxy) is 2. The molecule has 1 N–H and O–H groups in total. The molecule has 0 spiro atoms. The summed E-state index contributed by atoms with van der Waals surface area (Å²) in [7, 11) is 2.17. The van der Waals surface area contributed by atoms with E-state index in [1.54, 1.807) is 0 Å². The van der Waals surface area contributed by atoms with Crippen molar-refractivity contribution < 1.29 is 9.47 Å². The lowest BCUT2D eigenvalue weighted by atomic mass is 10.2. The third-order valence-corrected chi connectivity index (χ3v) is 3.02. The van der Waals surface area contributed by atoms with E-state index < -0.39 is 0 Å². The Morgan fingerprint density at radius 1 is 1.27 bits per heavy atom. The van der Waals surface area contributed by atoms with E-state index in [4.69, 9.17) is 9.47 Å². The maximum atomic E-state index is 5.47. The lowest BCUT2D eigenvalue weighted by Gasteiger charge is -2.34. The molecule has 2 aliphatic rings. The van der Waals surface area contributed by atoms with Crippen LogP contribution in [0.3, 0.4) is 0 Å². The molecule has 0 aromatic carbocycles.